The number of carbonyl (C=O) groups excluding carboxylic acids is 2. The Balaban J connectivity index is 1.86. The maximum atomic E-state index is 13.3. The van der Waals surface area contributed by atoms with E-state index in [4.69, 9.17) is 0 Å². The first kappa shape index (κ1) is 17.0. The highest BCUT2D eigenvalue weighted by Gasteiger charge is 2.23. The van der Waals surface area contributed by atoms with Crippen LogP contribution < -0.4 is 10.9 Å². The Morgan fingerprint density at radius 2 is 1.92 bits per heavy atom. The molecule has 5 nitrogen and oxygen atoms in total. The number of H-pyrrole nitrogens is 1. The molecule has 3 rings (SSSR count). The second-order valence-electron chi connectivity index (χ2n) is 6.05. The zero-order valence-corrected chi connectivity index (χ0v) is 13.5. The van der Waals surface area contributed by atoms with Gasteiger partial charge in [0, 0.05) is 17.7 Å². The van der Waals surface area contributed by atoms with E-state index < -0.39 is 29.1 Å². The van der Waals surface area contributed by atoms with Gasteiger partial charge in [0.1, 0.15) is 5.56 Å². The predicted octanol–water partition coefficient (Wildman–Crippen LogP) is 2.66. The molecule has 2 aromatic rings. The quantitative estimate of drug-likeness (QED) is 0.897. The third kappa shape index (κ3) is 3.35. The molecular formula is C18H16F2N2O3. The Kier molecular flexibility index (Phi) is 4.48. The molecule has 0 bridgehead atoms. The number of halogens is 2. The third-order valence-electron chi connectivity index (χ3n) is 4.29. The van der Waals surface area contributed by atoms with Crippen LogP contribution in [0.2, 0.25) is 0 Å². The molecule has 1 aliphatic carbocycles. The molecule has 1 amide bonds. The maximum absolute atomic E-state index is 13.3. The molecule has 0 fully saturated rings. The molecule has 0 saturated carbocycles. The summed E-state index contributed by atoms with van der Waals surface area (Å²) in [4.78, 5) is 39.0. The largest absolute Gasteiger partial charge is 0.345 e. The predicted molar refractivity (Wildman–Crippen MR) is 86.6 cm³/mol. The molecular weight excluding hydrogens is 330 g/mol. The van der Waals surface area contributed by atoms with Gasteiger partial charge in [0.05, 0.1) is 6.04 Å². The number of Topliss-reactive ketones (excluding diaryl/α,β-unsaturated/α-hetero) is 1. The van der Waals surface area contributed by atoms with Crippen LogP contribution in [-0.4, -0.2) is 16.7 Å². The van der Waals surface area contributed by atoms with E-state index in [0.29, 0.717) is 36.1 Å². The van der Waals surface area contributed by atoms with Crippen molar-refractivity contribution < 1.29 is 18.4 Å². The summed E-state index contributed by atoms with van der Waals surface area (Å²) in [5.41, 5.74) is 0.507. The van der Waals surface area contributed by atoms with Crippen LogP contribution in [0.3, 0.4) is 0 Å². The van der Waals surface area contributed by atoms with Gasteiger partial charge in [0.15, 0.2) is 17.4 Å². The molecule has 1 aliphatic rings. The van der Waals surface area contributed by atoms with Crippen molar-refractivity contribution in [1.82, 2.24) is 10.3 Å². The molecule has 0 saturated heterocycles. The van der Waals surface area contributed by atoms with Gasteiger partial charge in [0.25, 0.3) is 11.5 Å². The lowest BCUT2D eigenvalue weighted by molar-refractivity contribution is 0.0938. The minimum Gasteiger partial charge on any atom is -0.345 e. The van der Waals surface area contributed by atoms with E-state index in [0.717, 1.165) is 12.1 Å². The fraction of sp³-hybridized carbons (Fsp3) is 0.278. The van der Waals surface area contributed by atoms with Gasteiger partial charge >= 0.3 is 0 Å². The molecule has 0 radical (unpaired) electrons. The van der Waals surface area contributed by atoms with Gasteiger partial charge in [-0.1, -0.05) is 6.07 Å². The number of hydrogen-bond donors (Lipinski definition) is 2. The van der Waals surface area contributed by atoms with Gasteiger partial charge in [-0.2, -0.15) is 0 Å². The number of carbonyl (C=O) groups is 2. The minimum absolute atomic E-state index is 0.111. The summed E-state index contributed by atoms with van der Waals surface area (Å²) in [6.07, 6.45) is 1.63. The van der Waals surface area contributed by atoms with Crippen molar-refractivity contribution in [1.29, 1.82) is 0 Å². The van der Waals surface area contributed by atoms with Crippen LogP contribution in [0.4, 0.5) is 8.78 Å². The topological polar surface area (TPSA) is 79.0 Å². The minimum atomic E-state index is -1.02. The molecule has 1 heterocycles. The molecule has 1 aromatic carbocycles. The van der Waals surface area contributed by atoms with E-state index in [-0.39, 0.29) is 11.3 Å². The van der Waals surface area contributed by atoms with Crippen molar-refractivity contribution in [3.8, 4) is 0 Å². The fourth-order valence-corrected chi connectivity index (χ4v) is 2.88. The van der Waals surface area contributed by atoms with Crippen molar-refractivity contribution in [2.75, 3.05) is 0 Å². The van der Waals surface area contributed by atoms with Crippen molar-refractivity contribution >= 4 is 11.7 Å². The van der Waals surface area contributed by atoms with E-state index in [9.17, 15) is 23.2 Å². The Morgan fingerprint density at radius 1 is 1.16 bits per heavy atom. The molecule has 1 unspecified atom stereocenters. The molecule has 130 valence electrons. The average molecular weight is 346 g/mol. The van der Waals surface area contributed by atoms with Crippen LogP contribution >= 0.6 is 0 Å². The van der Waals surface area contributed by atoms with Crippen molar-refractivity contribution in [2.45, 2.75) is 32.2 Å². The number of aromatic amines is 1. The standard InChI is InChI=1S/C18H16F2N2O3/c1-9(10-5-6-13(19)14(20)7-10)21-17(24)12-8-11-15(22-18(12)25)3-2-4-16(11)23/h5-9H,2-4H2,1H3,(H,21,24)(H,22,25). The number of aromatic nitrogens is 1. The summed E-state index contributed by atoms with van der Waals surface area (Å²) in [6.45, 7) is 1.59. The van der Waals surface area contributed by atoms with Crippen LogP contribution in [0.5, 0.6) is 0 Å². The van der Waals surface area contributed by atoms with E-state index in [2.05, 4.69) is 10.3 Å². The highest BCUT2D eigenvalue weighted by atomic mass is 19.2. The van der Waals surface area contributed by atoms with Crippen molar-refractivity contribution in [3.63, 3.8) is 0 Å². The van der Waals surface area contributed by atoms with Gasteiger partial charge in [-0.25, -0.2) is 8.78 Å². The smallest absolute Gasteiger partial charge is 0.261 e. The number of benzene rings is 1. The molecule has 1 atom stereocenters. The molecule has 25 heavy (non-hydrogen) atoms. The lowest BCUT2D eigenvalue weighted by atomic mass is 9.93. The average Bonchev–Trinajstić information content (AvgIpc) is 2.56. The van der Waals surface area contributed by atoms with E-state index >= 15 is 0 Å². The highest BCUT2D eigenvalue weighted by Crippen LogP contribution is 2.20. The van der Waals surface area contributed by atoms with Crippen LogP contribution in [0.25, 0.3) is 0 Å². The number of nitrogens with one attached hydrogen (secondary N) is 2. The summed E-state index contributed by atoms with van der Waals surface area (Å²) < 4.78 is 26.3. The van der Waals surface area contributed by atoms with E-state index in [1.807, 2.05) is 0 Å². The van der Waals surface area contributed by atoms with Crippen LogP contribution in [0.15, 0.2) is 29.1 Å². The highest BCUT2D eigenvalue weighted by molar-refractivity contribution is 6.01. The normalized spacial score (nSPS) is 14.8. The second kappa shape index (κ2) is 6.58. The monoisotopic (exact) mass is 346 g/mol. The third-order valence-corrected chi connectivity index (χ3v) is 4.29. The van der Waals surface area contributed by atoms with Gasteiger partial charge in [0.2, 0.25) is 0 Å². The number of hydrogen-bond acceptors (Lipinski definition) is 3. The van der Waals surface area contributed by atoms with Gasteiger partial charge in [-0.15, -0.1) is 0 Å². The first-order chi connectivity index (χ1) is 11.9. The number of aryl methyl sites for hydroxylation is 1. The second-order valence-corrected chi connectivity index (χ2v) is 6.05. The maximum Gasteiger partial charge on any atom is 0.261 e. The Hall–Kier alpha value is -2.83. The lowest BCUT2D eigenvalue weighted by Crippen LogP contribution is -2.33. The number of fused-ring (bicyclic) bond motifs is 1. The van der Waals surface area contributed by atoms with Gasteiger partial charge in [-0.3, -0.25) is 14.4 Å². The Labute approximate surface area is 142 Å². The van der Waals surface area contributed by atoms with Gasteiger partial charge in [-0.05, 0) is 43.5 Å². The molecule has 0 spiro atoms. The molecule has 1 aromatic heterocycles. The summed E-state index contributed by atoms with van der Waals surface area (Å²) in [5.74, 6) is -2.79. The SMILES string of the molecule is CC(NC(=O)c1cc2c([nH]c1=O)CCCC2=O)c1ccc(F)c(F)c1. The first-order valence-electron chi connectivity index (χ1n) is 7.92. The number of amides is 1. The first-order valence-corrected chi connectivity index (χ1v) is 7.92. The van der Waals surface area contributed by atoms with E-state index in [1.54, 1.807) is 6.92 Å². The molecule has 0 aliphatic heterocycles. The fourth-order valence-electron chi connectivity index (χ4n) is 2.88. The van der Waals surface area contributed by atoms with Crippen LogP contribution in [0.1, 0.15) is 57.8 Å². The Morgan fingerprint density at radius 3 is 2.64 bits per heavy atom. The summed E-state index contributed by atoms with van der Waals surface area (Å²) in [7, 11) is 0. The summed E-state index contributed by atoms with van der Waals surface area (Å²) >= 11 is 0. The van der Waals surface area contributed by atoms with Crippen molar-refractivity contribution in [3.05, 3.63) is 68.6 Å². The number of rotatable bonds is 3. The lowest BCUT2D eigenvalue weighted by Gasteiger charge is -2.17. The molecule has 2 N–H and O–H groups in total. The van der Waals surface area contributed by atoms with Crippen LogP contribution in [0, 0.1) is 11.6 Å². The van der Waals surface area contributed by atoms with Crippen LogP contribution in [-0.2, 0) is 6.42 Å². The van der Waals surface area contributed by atoms with E-state index in [1.165, 1.54) is 12.1 Å². The zero-order valence-electron chi connectivity index (χ0n) is 13.5. The zero-order chi connectivity index (χ0) is 18.1. The number of pyridine rings is 1. The van der Waals surface area contributed by atoms with Gasteiger partial charge < -0.3 is 10.3 Å². The molecule has 7 heteroatoms. The summed E-state index contributed by atoms with van der Waals surface area (Å²) in [6, 6.07) is 3.97. The summed E-state index contributed by atoms with van der Waals surface area (Å²) in [5, 5.41) is 2.56. The van der Waals surface area contributed by atoms with Crippen molar-refractivity contribution in [2.24, 2.45) is 0 Å². The Bertz CT molecular complexity index is 921. The number of ketones is 1.